The van der Waals surface area contributed by atoms with E-state index < -0.39 is 23.5 Å². The molecule has 174 valence electrons. The summed E-state index contributed by atoms with van der Waals surface area (Å²) in [6.45, 7) is 2.33. The van der Waals surface area contributed by atoms with Crippen LogP contribution in [0.4, 0.5) is 0 Å². The summed E-state index contributed by atoms with van der Waals surface area (Å²) in [4.78, 5) is 26.5. The molecule has 1 saturated heterocycles. The van der Waals surface area contributed by atoms with Crippen molar-refractivity contribution in [1.82, 2.24) is 14.5 Å². The smallest absolute Gasteiger partial charge is 0.331 e. The van der Waals surface area contributed by atoms with Crippen molar-refractivity contribution in [2.24, 2.45) is 5.73 Å². The van der Waals surface area contributed by atoms with Gasteiger partial charge in [0.25, 0.3) is 5.91 Å². The number of aromatic nitrogens is 2. The zero-order valence-electron chi connectivity index (χ0n) is 19.2. The largest absolute Gasteiger partial charge is 0.468 e. The van der Waals surface area contributed by atoms with Gasteiger partial charge in [-0.1, -0.05) is 36.4 Å². The second-order valence-electron chi connectivity index (χ2n) is 9.95. The lowest BCUT2D eigenvalue weighted by Crippen LogP contribution is -2.62. The number of benzene rings is 3. The van der Waals surface area contributed by atoms with Crippen LogP contribution in [0.2, 0.25) is 0 Å². The number of nitrogens with zero attached hydrogens (tertiary/aromatic N) is 2. The Morgan fingerprint density at radius 2 is 1.77 bits per heavy atom. The number of hydrogen-bond acceptors (Lipinski definition) is 5. The Morgan fingerprint density at radius 1 is 1.09 bits per heavy atom. The summed E-state index contributed by atoms with van der Waals surface area (Å²) in [5.74, 6) is -0.575. The molecule has 0 aliphatic carbocycles. The third-order valence-electron chi connectivity index (χ3n) is 8.47. The second kappa shape index (κ2) is 5.84. The van der Waals surface area contributed by atoms with Crippen LogP contribution in [-0.2, 0) is 26.5 Å². The third-order valence-corrected chi connectivity index (χ3v) is 8.47. The van der Waals surface area contributed by atoms with Gasteiger partial charge in [-0.3, -0.25) is 4.79 Å². The lowest BCUT2D eigenvalue weighted by molar-refractivity contribution is -0.165. The Morgan fingerprint density at radius 3 is 2.51 bits per heavy atom. The highest BCUT2D eigenvalue weighted by Crippen LogP contribution is 2.57. The summed E-state index contributed by atoms with van der Waals surface area (Å²) in [5.41, 5.74) is 9.71. The van der Waals surface area contributed by atoms with Crippen molar-refractivity contribution in [3.63, 3.8) is 0 Å². The lowest BCUT2D eigenvalue weighted by Gasteiger charge is -2.38. The van der Waals surface area contributed by atoms with Gasteiger partial charge in [0.05, 0.1) is 34.7 Å². The Hall–Kier alpha value is -3.88. The normalized spacial score (nSPS) is 26.7. The molecule has 5 aromatic rings. The van der Waals surface area contributed by atoms with Gasteiger partial charge in [-0.25, -0.2) is 4.79 Å². The zero-order chi connectivity index (χ0) is 23.9. The number of ether oxygens (including phenoxy) is 2. The first-order chi connectivity index (χ1) is 16.9. The van der Waals surface area contributed by atoms with Crippen molar-refractivity contribution in [1.29, 1.82) is 0 Å². The van der Waals surface area contributed by atoms with E-state index in [-0.39, 0.29) is 12.3 Å². The molecule has 2 aromatic heterocycles. The number of carbonyl (C=O) groups excluding carboxylic acids is 2. The summed E-state index contributed by atoms with van der Waals surface area (Å²) in [6.07, 6.45) is -0.281. The number of esters is 1. The van der Waals surface area contributed by atoms with Gasteiger partial charge < -0.3 is 29.7 Å². The predicted molar refractivity (Wildman–Crippen MR) is 131 cm³/mol. The number of amides is 1. The highest BCUT2D eigenvalue weighted by atomic mass is 16.6. The van der Waals surface area contributed by atoms with E-state index in [0.29, 0.717) is 6.54 Å². The van der Waals surface area contributed by atoms with E-state index in [9.17, 15) is 9.59 Å². The molecule has 3 aromatic carbocycles. The Kier molecular flexibility index (Phi) is 3.24. The van der Waals surface area contributed by atoms with E-state index in [2.05, 4.69) is 20.5 Å². The Bertz CT molecular complexity index is 1830. The van der Waals surface area contributed by atoms with Gasteiger partial charge in [-0.15, -0.1) is 0 Å². The minimum Gasteiger partial charge on any atom is -0.468 e. The standard InChI is InChI=1S/C27H22N4O4/c1-26-27(28,25(33)34-2)11-18(35-26)30-16-9-5-3-7-13(16)20-21-15(12-29-24(21)32)19-14-8-4-6-10-17(14)31(26)23(19)22(20)30/h3-10,18H,11-12,28H2,1-2H3,(H,29,32). The summed E-state index contributed by atoms with van der Waals surface area (Å²) < 4.78 is 16.3. The van der Waals surface area contributed by atoms with Gasteiger partial charge in [-0.2, -0.15) is 0 Å². The molecule has 8 heteroatoms. The molecule has 2 bridgehead atoms. The van der Waals surface area contributed by atoms with Crippen LogP contribution >= 0.6 is 0 Å². The SMILES string of the molecule is COC(=O)C1(N)CC2OC1(C)n1c3ccccc3c3c4c(c5c6ccccc6n2c5c31)C(=O)NC4. The second-order valence-corrected chi connectivity index (χ2v) is 9.95. The fourth-order valence-corrected chi connectivity index (χ4v) is 6.95. The van der Waals surface area contributed by atoms with Crippen LogP contribution < -0.4 is 11.1 Å². The molecule has 3 aliphatic rings. The molecule has 0 radical (unpaired) electrons. The number of methoxy groups -OCH3 is 1. The van der Waals surface area contributed by atoms with Crippen LogP contribution in [0.5, 0.6) is 0 Å². The van der Waals surface area contributed by atoms with Crippen molar-refractivity contribution >= 4 is 55.5 Å². The Labute approximate surface area is 199 Å². The Balaban J connectivity index is 1.73. The van der Waals surface area contributed by atoms with Crippen LogP contribution in [0.15, 0.2) is 48.5 Å². The predicted octanol–water partition coefficient (Wildman–Crippen LogP) is 3.62. The first-order valence-electron chi connectivity index (χ1n) is 11.7. The quantitative estimate of drug-likeness (QED) is 0.368. The van der Waals surface area contributed by atoms with Gasteiger partial charge >= 0.3 is 5.97 Å². The zero-order valence-corrected chi connectivity index (χ0v) is 19.2. The van der Waals surface area contributed by atoms with Crippen LogP contribution in [0.3, 0.4) is 0 Å². The van der Waals surface area contributed by atoms with Crippen molar-refractivity contribution in [3.8, 4) is 0 Å². The highest BCUT2D eigenvalue weighted by molar-refractivity contribution is 6.31. The summed E-state index contributed by atoms with van der Waals surface area (Å²) >= 11 is 0. The number of para-hydroxylation sites is 2. The minimum atomic E-state index is -1.43. The topological polar surface area (TPSA) is 101 Å². The lowest BCUT2D eigenvalue weighted by atomic mass is 9.86. The van der Waals surface area contributed by atoms with Gasteiger partial charge in [0.15, 0.2) is 11.3 Å². The molecule has 3 aliphatic heterocycles. The molecule has 0 saturated carbocycles. The van der Waals surface area contributed by atoms with Crippen molar-refractivity contribution in [2.75, 3.05) is 7.11 Å². The van der Waals surface area contributed by atoms with Crippen LogP contribution in [0, 0.1) is 0 Å². The van der Waals surface area contributed by atoms with E-state index in [4.69, 9.17) is 15.2 Å². The van der Waals surface area contributed by atoms with Crippen molar-refractivity contribution in [3.05, 3.63) is 59.7 Å². The van der Waals surface area contributed by atoms with Crippen molar-refractivity contribution < 1.29 is 19.1 Å². The maximum atomic E-state index is 13.3. The first kappa shape index (κ1) is 19.4. The average Bonchev–Trinajstić information content (AvgIpc) is 3.55. The first-order valence-corrected chi connectivity index (χ1v) is 11.7. The van der Waals surface area contributed by atoms with E-state index in [1.807, 2.05) is 49.4 Å². The summed E-state index contributed by atoms with van der Waals surface area (Å²) in [7, 11) is 1.36. The van der Waals surface area contributed by atoms with E-state index in [1.54, 1.807) is 0 Å². The fourth-order valence-electron chi connectivity index (χ4n) is 6.95. The molecule has 3 N–H and O–H groups in total. The number of hydrogen-bond donors (Lipinski definition) is 2. The number of nitrogens with two attached hydrogens (primary N) is 1. The average molecular weight is 466 g/mol. The molecule has 1 fully saturated rings. The van der Waals surface area contributed by atoms with Crippen LogP contribution in [0.25, 0.3) is 43.6 Å². The molecular formula is C27H22N4O4. The van der Waals surface area contributed by atoms with E-state index in [1.165, 1.54) is 7.11 Å². The number of rotatable bonds is 1. The third kappa shape index (κ3) is 1.89. The van der Waals surface area contributed by atoms with Gasteiger partial charge in [0, 0.05) is 34.5 Å². The minimum absolute atomic E-state index is 0.0640. The van der Waals surface area contributed by atoms with E-state index >= 15 is 0 Å². The summed E-state index contributed by atoms with van der Waals surface area (Å²) in [5, 5.41) is 6.95. The molecule has 1 amide bonds. The van der Waals surface area contributed by atoms with E-state index in [0.717, 1.165) is 54.7 Å². The maximum Gasteiger partial charge on any atom is 0.331 e. The monoisotopic (exact) mass is 466 g/mol. The number of fused-ring (bicyclic) bond motifs is 13. The molecule has 5 heterocycles. The maximum absolute atomic E-state index is 13.3. The number of nitrogens with one attached hydrogen (secondary N) is 1. The molecule has 35 heavy (non-hydrogen) atoms. The summed E-state index contributed by atoms with van der Waals surface area (Å²) in [6, 6.07) is 16.1. The van der Waals surface area contributed by atoms with Crippen LogP contribution in [0.1, 0.15) is 35.5 Å². The molecule has 8 rings (SSSR count). The fraction of sp³-hybridized carbons (Fsp3) is 0.259. The molecule has 8 nitrogen and oxygen atoms in total. The molecule has 0 spiro atoms. The molecule has 3 atom stereocenters. The van der Waals surface area contributed by atoms with Gasteiger partial charge in [0.2, 0.25) is 0 Å². The number of carbonyl (C=O) groups is 2. The van der Waals surface area contributed by atoms with Gasteiger partial charge in [-0.05, 0) is 24.6 Å². The van der Waals surface area contributed by atoms with Crippen molar-refractivity contribution in [2.45, 2.75) is 37.4 Å². The van der Waals surface area contributed by atoms with Gasteiger partial charge in [0.1, 0.15) is 6.23 Å². The van der Waals surface area contributed by atoms with Crippen LogP contribution in [-0.4, -0.2) is 33.7 Å². The highest BCUT2D eigenvalue weighted by Gasteiger charge is 2.64. The molecular weight excluding hydrogens is 444 g/mol. The molecule has 3 unspecified atom stereocenters.